The second-order valence-corrected chi connectivity index (χ2v) is 5.34. The average Bonchev–Trinajstić information content (AvgIpc) is 2.32. The summed E-state index contributed by atoms with van der Waals surface area (Å²) in [4.78, 5) is 0. The second-order valence-electron chi connectivity index (χ2n) is 5.34. The summed E-state index contributed by atoms with van der Waals surface area (Å²) in [6.45, 7) is 7.18. The molecule has 0 aliphatic heterocycles. The Kier molecular flexibility index (Phi) is 3.91. The van der Waals surface area contributed by atoms with Gasteiger partial charge in [-0.1, -0.05) is 17.7 Å². The lowest BCUT2D eigenvalue weighted by Crippen LogP contribution is -2.08. The highest BCUT2D eigenvalue weighted by molar-refractivity contribution is 5.43. The highest BCUT2D eigenvalue weighted by Gasteiger charge is 2.20. The molecule has 0 amide bonds. The van der Waals surface area contributed by atoms with Gasteiger partial charge in [0.25, 0.3) is 0 Å². The van der Waals surface area contributed by atoms with Crippen LogP contribution in [0.2, 0.25) is 0 Å². The van der Waals surface area contributed by atoms with Gasteiger partial charge in [0, 0.05) is 5.56 Å². The van der Waals surface area contributed by atoms with E-state index >= 15 is 0 Å². The van der Waals surface area contributed by atoms with Crippen molar-refractivity contribution in [3.63, 3.8) is 0 Å². The van der Waals surface area contributed by atoms with Crippen molar-refractivity contribution in [3.8, 4) is 0 Å². The summed E-state index contributed by atoms with van der Waals surface area (Å²) in [7, 11) is 0. The molecule has 0 bridgehead atoms. The third-order valence-corrected chi connectivity index (χ3v) is 3.58. The van der Waals surface area contributed by atoms with E-state index in [0.29, 0.717) is 5.56 Å². The van der Waals surface area contributed by atoms with Crippen molar-refractivity contribution in [1.29, 1.82) is 0 Å². The normalized spacial score (nSPS) is 12.6. The standard InChI is InChI=1S/C17H18F2O/c1-9-5-11(3)16(12(4)6-9)17(20)13-8-14(18)10(2)7-15(13)19/h5-8,17,20H,1-4H3. The zero-order valence-electron chi connectivity index (χ0n) is 12.1. The van der Waals surface area contributed by atoms with Crippen LogP contribution in [0.3, 0.4) is 0 Å². The maximum Gasteiger partial charge on any atom is 0.129 e. The molecule has 106 valence electrons. The lowest BCUT2D eigenvalue weighted by molar-refractivity contribution is 0.212. The zero-order chi connectivity index (χ0) is 15.0. The SMILES string of the molecule is Cc1cc(C)c(C(O)c2cc(F)c(C)cc2F)c(C)c1. The molecule has 1 N–H and O–H groups in total. The van der Waals surface area contributed by atoms with E-state index in [0.717, 1.165) is 28.8 Å². The van der Waals surface area contributed by atoms with Gasteiger partial charge in [-0.05, 0) is 62.1 Å². The molecule has 2 aromatic rings. The van der Waals surface area contributed by atoms with Gasteiger partial charge in [0.2, 0.25) is 0 Å². The van der Waals surface area contributed by atoms with Crippen molar-refractivity contribution in [2.75, 3.05) is 0 Å². The molecule has 0 saturated carbocycles. The van der Waals surface area contributed by atoms with Crippen LogP contribution < -0.4 is 0 Å². The van der Waals surface area contributed by atoms with Crippen molar-refractivity contribution in [2.45, 2.75) is 33.8 Å². The quantitative estimate of drug-likeness (QED) is 0.868. The van der Waals surface area contributed by atoms with Crippen LogP contribution in [-0.4, -0.2) is 5.11 Å². The summed E-state index contributed by atoms with van der Waals surface area (Å²) in [5.41, 5.74) is 3.66. The van der Waals surface area contributed by atoms with Gasteiger partial charge in [-0.25, -0.2) is 8.78 Å². The molecule has 0 aromatic heterocycles. The molecule has 3 heteroatoms. The lowest BCUT2D eigenvalue weighted by Gasteiger charge is -2.19. The smallest absolute Gasteiger partial charge is 0.129 e. The van der Waals surface area contributed by atoms with Gasteiger partial charge >= 0.3 is 0 Å². The Morgan fingerprint density at radius 3 is 1.90 bits per heavy atom. The molecule has 0 fully saturated rings. The van der Waals surface area contributed by atoms with E-state index in [1.54, 1.807) is 0 Å². The van der Waals surface area contributed by atoms with Crippen molar-refractivity contribution in [3.05, 3.63) is 69.3 Å². The topological polar surface area (TPSA) is 20.2 Å². The van der Waals surface area contributed by atoms with Crippen LogP contribution in [-0.2, 0) is 0 Å². The molecule has 0 saturated heterocycles. The maximum absolute atomic E-state index is 14.0. The molecule has 0 aliphatic rings. The molecule has 1 atom stereocenters. The number of aliphatic hydroxyl groups is 1. The van der Waals surface area contributed by atoms with Gasteiger partial charge in [0.15, 0.2) is 0 Å². The monoisotopic (exact) mass is 276 g/mol. The van der Waals surface area contributed by atoms with Gasteiger partial charge in [0.05, 0.1) is 0 Å². The Morgan fingerprint density at radius 2 is 1.35 bits per heavy atom. The molecular formula is C17H18F2O. The highest BCUT2D eigenvalue weighted by Crippen LogP contribution is 2.31. The van der Waals surface area contributed by atoms with Gasteiger partial charge in [-0.2, -0.15) is 0 Å². The fourth-order valence-corrected chi connectivity index (χ4v) is 2.65. The first-order valence-corrected chi connectivity index (χ1v) is 6.52. The predicted molar refractivity (Wildman–Crippen MR) is 75.8 cm³/mol. The van der Waals surface area contributed by atoms with E-state index in [1.165, 1.54) is 6.92 Å². The largest absolute Gasteiger partial charge is 0.384 e. The molecule has 20 heavy (non-hydrogen) atoms. The summed E-state index contributed by atoms with van der Waals surface area (Å²) in [5.74, 6) is -1.10. The molecule has 1 nitrogen and oxygen atoms in total. The summed E-state index contributed by atoms with van der Waals surface area (Å²) >= 11 is 0. The van der Waals surface area contributed by atoms with Crippen molar-refractivity contribution >= 4 is 0 Å². The van der Waals surface area contributed by atoms with Gasteiger partial charge in [0.1, 0.15) is 17.7 Å². The van der Waals surface area contributed by atoms with Crippen molar-refractivity contribution < 1.29 is 13.9 Å². The van der Waals surface area contributed by atoms with Crippen LogP contribution in [0.5, 0.6) is 0 Å². The van der Waals surface area contributed by atoms with Crippen LogP contribution in [0.1, 0.15) is 39.5 Å². The molecule has 0 heterocycles. The summed E-state index contributed by atoms with van der Waals surface area (Å²) in [6, 6.07) is 6.04. The first-order chi connectivity index (χ1) is 9.31. The third-order valence-electron chi connectivity index (χ3n) is 3.58. The number of aliphatic hydroxyl groups excluding tert-OH is 1. The predicted octanol–water partition coefficient (Wildman–Crippen LogP) is 4.28. The Bertz CT molecular complexity index is 639. The van der Waals surface area contributed by atoms with E-state index in [9.17, 15) is 13.9 Å². The molecule has 0 radical (unpaired) electrons. The van der Waals surface area contributed by atoms with Crippen LogP contribution >= 0.6 is 0 Å². The third kappa shape index (κ3) is 2.59. The molecular weight excluding hydrogens is 258 g/mol. The highest BCUT2D eigenvalue weighted by atomic mass is 19.1. The fourth-order valence-electron chi connectivity index (χ4n) is 2.65. The minimum absolute atomic E-state index is 0.0249. The molecule has 0 aliphatic carbocycles. The Labute approximate surface area is 117 Å². The number of aryl methyl sites for hydroxylation is 4. The van der Waals surface area contributed by atoms with E-state index in [2.05, 4.69) is 0 Å². The van der Waals surface area contributed by atoms with E-state index in [4.69, 9.17) is 0 Å². The number of rotatable bonds is 2. The summed E-state index contributed by atoms with van der Waals surface area (Å²) < 4.78 is 27.6. The van der Waals surface area contributed by atoms with Gasteiger partial charge in [-0.3, -0.25) is 0 Å². The fraction of sp³-hybridized carbons (Fsp3) is 0.294. The first-order valence-electron chi connectivity index (χ1n) is 6.52. The van der Waals surface area contributed by atoms with Crippen LogP contribution in [0, 0.1) is 39.3 Å². The molecule has 0 spiro atoms. The van der Waals surface area contributed by atoms with Crippen molar-refractivity contribution in [1.82, 2.24) is 0 Å². The second kappa shape index (κ2) is 5.33. The van der Waals surface area contributed by atoms with E-state index in [-0.39, 0.29) is 11.1 Å². The van der Waals surface area contributed by atoms with E-state index < -0.39 is 17.7 Å². The minimum Gasteiger partial charge on any atom is -0.384 e. The Morgan fingerprint density at radius 1 is 0.800 bits per heavy atom. The van der Waals surface area contributed by atoms with E-state index in [1.807, 2.05) is 32.9 Å². The van der Waals surface area contributed by atoms with Gasteiger partial charge < -0.3 is 5.11 Å². The first kappa shape index (κ1) is 14.7. The number of hydrogen-bond acceptors (Lipinski definition) is 1. The van der Waals surface area contributed by atoms with Crippen LogP contribution in [0.4, 0.5) is 8.78 Å². The molecule has 2 rings (SSSR count). The Hall–Kier alpha value is -1.74. The van der Waals surface area contributed by atoms with Crippen LogP contribution in [0.25, 0.3) is 0 Å². The Balaban J connectivity index is 2.57. The average molecular weight is 276 g/mol. The van der Waals surface area contributed by atoms with Gasteiger partial charge in [-0.15, -0.1) is 0 Å². The number of benzene rings is 2. The zero-order valence-corrected chi connectivity index (χ0v) is 12.1. The lowest BCUT2D eigenvalue weighted by atomic mass is 9.91. The van der Waals surface area contributed by atoms with Crippen LogP contribution in [0.15, 0.2) is 24.3 Å². The molecule has 1 unspecified atom stereocenters. The number of hydrogen-bond donors (Lipinski definition) is 1. The maximum atomic E-state index is 14.0. The van der Waals surface area contributed by atoms with Crippen molar-refractivity contribution in [2.24, 2.45) is 0 Å². The number of halogens is 2. The minimum atomic E-state index is -1.16. The molecule has 2 aromatic carbocycles. The summed E-state index contributed by atoms with van der Waals surface area (Å²) in [6.07, 6.45) is -1.16. The summed E-state index contributed by atoms with van der Waals surface area (Å²) in [5, 5.41) is 10.4.